The highest BCUT2D eigenvalue weighted by Crippen LogP contribution is 2.26. The second-order valence-corrected chi connectivity index (χ2v) is 7.52. The standard InChI is InChI=1S/C15H28N2O4S/c1-7-20-13(18)10-16(5)11-8-17(9-12(11)22-6)14(19)21-15(2,3)4/h11-12H,7-10H2,1-6H3. The average Bonchev–Trinajstić information content (AvgIpc) is 2.81. The number of carbonyl (C=O) groups is 2. The number of hydrogen-bond donors (Lipinski definition) is 0. The number of likely N-dealkylation sites (tertiary alicyclic amines) is 1. The molecule has 0 bridgehead atoms. The fourth-order valence-electron chi connectivity index (χ4n) is 2.41. The van der Waals surface area contributed by atoms with Gasteiger partial charge in [-0.25, -0.2) is 4.79 Å². The Morgan fingerprint density at radius 3 is 2.45 bits per heavy atom. The van der Waals surface area contributed by atoms with Crippen LogP contribution >= 0.6 is 11.8 Å². The van der Waals surface area contributed by atoms with E-state index >= 15 is 0 Å². The van der Waals surface area contributed by atoms with Crippen molar-refractivity contribution < 1.29 is 19.1 Å². The zero-order chi connectivity index (χ0) is 16.9. The van der Waals surface area contributed by atoms with Gasteiger partial charge in [-0.1, -0.05) is 0 Å². The van der Waals surface area contributed by atoms with Gasteiger partial charge in [-0.3, -0.25) is 9.69 Å². The van der Waals surface area contributed by atoms with Gasteiger partial charge in [0.1, 0.15) is 5.60 Å². The first kappa shape index (κ1) is 19.1. The highest BCUT2D eigenvalue weighted by molar-refractivity contribution is 7.99. The Morgan fingerprint density at radius 2 is 1.95 bits per heavy atom. The van der Waals surface area contributed by atoms with Gasteiger partial charge in [-0.2, -0.15) is 11.8 Å². The summed E-state index contributed by atoms with van der Waals surface area (Å²) in [5.41, 5.74) is -0.499. The predicted molar refractivity (Wildman–Crippen MR) is 88.2 cm³/mol. The number of hydrogen-bond acceptors (Lipinski definition) is 6. The molecular formula is C15H28N2O4S. The SMILES string of the molecule is CCOC(=O)CN(C)C1CN(C(=O)OC(C)(C)C)CC1SC. The molecule has 2 atom stereocenters. The van der Waals surface area contributed by atoms with Gasteiger partial charge in [0.05, 0.1) is 13.2 Å². The van der Waals surface area contributed by atoms with Gasteiger partial charge in [0.15, 0.2) is 0 Å². The molecule has 1 fully saturated rings. The Kier molecular flexibility index (Phi) is 6.99. The first-order chi connectivity index (χ1) is 10.2. The van der Waals surface area contributed by atoms with E-state index in [9.17, 15) is 9.59 Å². The lowest BCUT2D eigenvalue weighted by molar-refractivity contribution is -0.144. The Balaban J connectivity index is 2.64. The van der Waals surface area contributed by atoms with Gasteiger partial charge in [0, 0.05) is 24.4 Å². The van der Waals surface area contributed by atoms with E-state index in [4.69, 9.17) is 9.47 Å². The number of esters is 1. The summed E-state index contributed by atoms with van der Waals surface area (Å²) in [5.74, 6) is -0.236. The molecule has 1 rings (SSSR count). The summed E-state index contributed by atoms with van der Waals surface area (Å²) in [6.07, 6.45) is 1.73. The summed E-state index contributed by atoms with van der Waals surface area (Å²) in [4.78, 5) is 27.5. The number of nitrogens with zero attached hydrogens (tertiary/aromatic N) is 2. The van der Waals surface area contributed by atoms with Gasteiger partial charge in [0.2, 0.25) is 0 Å². The third-order valence-electron chi connectivity index (χ3n) is 3.44. The fraction of sp³-hybridized carbons (Fsp3) is 0.867. The van der Waals surface area contributed by atoms with Gasteiger partial charge in [-0.15, -0.1) is 0 Å². The van der Waals surface area contributed by atoms with Crippen LogP contribution in [0.25, 0.3) is 0 Å². The van der Waals surface area contributed by atoms with Crippen molar-refractivity contribution in [3.8, 4) is 0 Å². The Morgan fingerprint density at radius 1 is 1.32 bits per heavy atom. The van der Waals surface area contributed by atoms with Crippen LogP contribution in [0.3, 0.4) is 0 Å². The Hall–Kier alpha value is -0.950. The summed E-state index contributed by atoms with van der Waals surface area (Å²) in [6.45, 7) is 9.18. The lowest BCUT2D eigenvalue weighted by Crippen LogP contribution is -2.43. The summed E-state index contributed by atoms with van der Waals surface area (Å²) in [5, 5.41) is 0.256. The molecule has 6 nitrogen and oxygen atoms in total. The van der Waals surface area contributed by atoms with Crippen LogP contribution < -0.4 is 0 Å². The van der Waals surface area contributed by atoms with E-state index in [1.54, 1.807) is 23.6 Å². The van der Waals surface area contributed by atoms with Gasteiger partial charge >= 0.3 is 12.1 Å². The van der Waals surface area contributed by atoms with Crippen LogP contribution in [-0.2, 0) is 14.3 Å². The summed E-state index contributed by atoms with van der Waals surface area (Å²) >= 11 is 1.71. The van der Waals surface area contributed by atoms with Crippen LogP contribution in [0.15, 0.2) is 0 Å². The summed E-state index contributed by atoms with van der Waals surface area (Å²) in [6, 6.07) is 0.118. The lowest BCUT2D eigenvalue weighted by atomic mass is 10.2. The summed E-state index contributed by atoms with van der Waals surface area (Å²) in [7, 11) is 1.89. The molecule has 0 aromatic rings. The molecular weight excluding hydrogens is 304 g/mol. The minimum Gasteiger partial charge on any atom is -0.465 e. The van der Waals surface area contributed by atoms with Crippen LogP contribution in [0.5, 0.6) is 0 Å². The van der Waals surface area contributed by atoms with Crippen molar-refractivity contribution in [3.05, 3.63) is 0 Å². The Bertz CT molecular complexity index is 397. The number of amides is 1. The van der Waals surface area contributed by atoms with Crippen LogP contribution in [0.1, 0.15) is 27.7 Å². The predicted octanol–water partition coefficient (Wildman–Crippen LogP) is 1.83. The third kappa shape index (κ3) is 5.68. The van der Waals surface area contributed by atoms with Gasteiger partial charge in [-0.05, 0) is 41.0 Å². The maximum atomic E-state index is 12.2. The van der Waals surface area contributed by atoms with E-state index < -0.39 is 5.60 Å². The van der Waals surface area contributed by atoms with Crippen molar-refractivity contribution >= 4 is 23.8 Å². The highest BCUT2D eigenvalue weighted by Gasteiger charge is 2.39. The van der Waals surface area contributed by atoms with Crippen molar-refractivity contribution in [2.75, 3.05) is 39.5 Å². The smallest absolute Gasteiger partial charge is 0.410 e. The monoisotopic (exact) mass is 332 g/mol. The largest absolute Gasteiger partial charge is 0.465 e. The van der Waals surface area contributed by atoms with E-state index in [-0.39, 0.29) is 29.9 Å². The molecule has 2 unspecified atom stereocenters. The first-order valence-electron chi connectivity index (χ1n) is 7.54. The van der Waals surface area contributed by atoms with E-state index in [0.29, 0.717) is 19.7 Å². The van der Waals surface area contributed by atoms with Crippen LogP contribution in [0.2, 0.25) is 0 Å². The number of ether oxygens (including phenoxy) is 2. The number of likely N-dealkylation sites (N-methyl/N-ethyl adjacent to an activating group) is 1. The molecule has 1 aliphatic rings. The van der Waals surface area contributed by atoms with E-state index in [1.807, 2.05) is 39.0 Å². The highest BCUT2D eigenvalue weighted by atomic mass is 32.2. The number of thioether (sulfide) groups is 1. The Labute approximate surface area is 137 Å². The zero-order valence-electron chi connectivity index (χ0n) is 14.4. The lowest BCUT2D eigenvalue weighted by Gasteiger charge is -2.27. The normalized spacial score (nSPS) is 22.0. The minimum absolute atomic E-state index is 0.118. The molecule has 0 aromatic carbocycles. The molecule has 1 amide bonds. The molecule has 0 aromatic heterocycles. The second-order valence-electron chi connectivity index (χ2n) is 6.45. The summed E-state index contributed by atoms with van der Waals surface area (Å²) < 4.78 is 10.4. The van der Waals surface area contributed by atoms with Gasteiger partial charge in [0.25, 0.3) is 0 Å². The molecule has 0 saturated carbocycles. The molecule has 0 N–H and O–H groups in total. The topological polar surface area (TPSA) is 59.1 Å². The molecule has 22 heavy (non-hydrogen) atoms. The molecule has 128 valence electrons. The zero-order valence-corrected chi connectivity index (χ0v) is 15.2. The molecule has 1 aliphatic heterocycles. The second kappa shape index (κ2) is 8.06. The van der Waals surface area contributed by atoms with E-state index in [1.165, 1.54) is 0 Å². The van der Waals surface area contributed by atoms with Crippen molar-refractivity contribution in [2.45, 2.75) is 44.6 Å². The maximum absolute atomic E-state index is 12.2. The fourth-order valence-corrected chi connectivity index (χ4v) is 3.35. The van der Waals surface area contributed by atoms with Crippen LogP contribution in [-0.4, -0.2) is 78.3 Å². The number of carbonyl (C=O) groups excluding carboxylic acids is 2. The van der Waals surface area contributed by atoms with Crippen LogP contribution in [0, 0.1) is 0 Å². The molecule has 0 radical (unpaired) electrons. The molecule has 1 heterocycles. The van der Waals surface area contributed by atoms with Crippen molar-refractivity contribution in [3.63, 3.8) is 0 Å². The average molecular weight is 332 g/mol. The third-order valence-corrected chi connectivity index (χ3v) is 4.51. The first-order valence-corrected chi connectivity index (χ1v) is 8.83. The molecule has 7 heteroatoms. The van der Waals surface area contributed by atoms with Crippen molar-refractivity contribution in [1.82, 2.24) is 9.80 Å². The van der Waals surface area contributed by atoms with Crippen molar-refractivity contribution in [2.24, 2.45) is 0 Å². The number of rotatable bonds is 5. The van der Waals surface area contributed by atoms with Crippen LogP contribution in [0.4, 0.5) is 4.79 Å². The van der Waals surface area contributed by atoms with Gasteiger partial charge < -0.3 is 14.4 Å². The minimum atomic E-state index is -0.499. The molecule has 0 spiro atoms. The quantitative estimate of drug-likeness (QED) is 0.716. The molecule has 0 aliphatic carbocycles. The van der Waals surface area contributed by atoms with E-state index in [2.05, 4.69) is 0 Å². The van der Waals surface area contributed by atoms with Crippen molar-refractivity contribution in [1.29, 1.82) is 0 Å². The molecule has 1 saturated heterocycles. The maximum Gasteiger partial charge on any atom is 0.410 e. The van der Waals surface area contributed by atoms with E-state index in [0.717, 1.165) is 0 Å².